The van der Waals surface area contributed by atoms with Crippen LogP contribution in [0.5, 0.6) is 11.8 Å². The molecule has 0 aliphatic carbocycles. The summed E-state index contributed by atoms with van der Waals surface area (Å²) >= 11 is 1.55. The first-order valence-electron chi connectivity index (χ1n) is 8.91. The van der Waals surface area contributed by atoms with Gasteiger partial charge in [0.1, 0.15) is 23.5 Å². The second-order valence-corrected chi connectivity index (χ2v) is 7.11. The molecule has 0 radical (unpaired) electrons. The van der Waals surface area contributed by atoms with E-state index in [2.05, 4.69) is 16.9 Å². The molecular weight excluding hydrogens is 360 g/mol. The first-order chi connectivity index (χ1) is 13.2. The monoisotopic (exact) mass is 380 g/mol. The van der Waals surface area contributed by atoms with Crippen LogP contribution in [0.15, 0.2) is 58.5 Å². The van der Waals surface area contributed by atoms with Gasteiger partial charge >= 0.3 is 6.08 Å². The molecule has 0 spiro atoms. The third kappa shape index (κ3) is 3.80. The molecule has 0 N–H and O–H groups in total. The highest BCUT2D eigenvalue weighted by Gasteiger charge is 2.19. The van der Waals surface area contributed by atoms with Crippen molar-refractivity contribution in [2.45, 2.75) is 33.0 Å². The second kappa shape index (κ2) is 7.80. The Bertz CT molecular complexity index is 1010. The average molecular weight is 380 g/mol. The molecule has 1 atom stereocenters. The smallest absolute Gasteiger partial charge is 0.395 e. The van der Waals surface area contributed by atoms with Gasteiger partial charge in [-0.2, -0.15) is 4.98 Å². The molecule has 138 valence electrons. The number of thiazole rings is 1. The van der Waals surface area contributed by atoms with Crippen LogP contribution in [0.3, 0.4) is 0 Å². The molecule has 6 heteroatoms. The number of aromatic nitrogens is 2. The van der Waals surface area contributed by atoms with Crippen molar-refractivity contribution in [3.8, 4) is 22.4 Å². The zero-order valence-corrected chi connectivity index (χ0v) is 16.0. The molecule has 0 bridgehead atoms. The van der Waals surface area contributed by atoms with Crippen LogP contribution < -0.4 is 9.47 Å². The summed E-state index contributed by atoms with van der Waals surface area (Å²) in [7, 11) is 0. The second-order valence-electron chi connectivity index (χ2n) is 6.22. The number of rotatable bonds is 7. The molecule has 0 aliphatic heterocycles. The van der Waals surface area contributed by atoms with Crippen molar-refractivity contribution in [1.29, 1.82) is 0 Å². The van der Waals surface area contributed by atoms with Gasteiger partial charge in [0, 0.05) is 11.6 Å². The van der Waals surface area contributed by atoms with E-state index < -0.39 is 0 Å². The van der Waals surface area contributed by atoms with Gasteiger partial charge < -0.3 is 13.9 Å². The third-order valence-electron chi connectivity index (χ3n) is 4.26. The summed E-state index contributed by atoms with van der Waals surface area (Å²) in [4.78, 5) is 8.94. The Morgan fingerprint density at radius 1 is 1.15 bits per heavy atom. The predicted octanol–water partition coefficient (Wildman–Crippen LogP) is 5.71. The summed E-state index contributed by atoms with van der Waals surface area (Å²) in [6.07, 6.45) is 2.93. The molecule has 0 amide bonds. The minimum Gasteiger partial charge on any atom is -0.486 e. The molecule has 27 heavy (non-hydrogen) atoms. The van der Waals surface area contributed by atoms with E-state index in [4.69, 9.17) is 13.9 Å². The maximum Gasteiger partial charge on any atom is 0.395 e. The van der Waals surface area contributed by atoms with Gasteiger partial charge in [0.15, 0.2) is 11.1 Å². The van der Waals surface area contributed by atoms with Crippen LogP contribution in [0.25, 0.3) is 21.7 Å². The van der Waals surface area contributed by atoms with Crippen molar-refractivity contribution >= 4 is 22.4 Å². The van der Waals surface area contributed by atoms with Gasteiger partial charge in [0.05, 0.1) is 5.56 Å². The normalized spacial score (nSPS) is 12.2. The Morgan fingerprint density at radius 2 is 2.00 bits per heavy atom. The molecule has 4 rings (SSSR count). The molecule has 0 saturated carbocycles. The fourth-order valence-corrected chi connectivity index (χ4v) is 3.31. The molecule has 5 nitrogen and oxygen atoms in total. The quantitative estimate of drug-likeness (QED) is 0.411. The van der Waals surface area contributed by atoms with Crippen LogP contribution in [0.4, 0.5) is 0 Å². The highest BCUT2D eigenvalue weighted by molar-refractivity contribution is 7.13. The molecule has 2 aromatic heterocycles. The minimum atomic E-state index is 0.0232. The Kier molecular flexibility index (Phi) is 5.07. The van der Waals surface area contributed by atoms with Crippen molar-refractivity contribution in [3.05, 3.63) is 59.6 Å². The van der Waals surface area contributed by atoms with Crippen LogP contribution in [-0.4, -0.2) is 16.1 Å². The van der Waals surface area contributed by atoms with E-state index in [1.807, 2.05) is 54.8 Å². The summed E-state index contributed by atoms with van der Waals surface area (Å²) in [5.41, 5.74) is 3.26. The molecular formula is C21H20N2O3S. The van der Waals surface area contributed by atoms with E-state index in [9.17, 15) is 0 Å². The number of hydrogen-bond acceptors (Lipinski definition) is 6. The number of nitrogens with zero attached hydrogens (tertiary/aromatic N) is 2. The van der Waals surface area contributed by atoms with Crippen molar-refractivity contribution in [1.82, 2.24) is 9.97 Å². The summed E-state index contributed by atoms with van der Waals surface area (Å²) in [6.45, 7) is 4.51. The Balaban J connectivity index is 1.72. The van der Waals surface area contributed by atoms with Crippen LogP contribution >= 0.6 is 11.3 Å². The van der Waals surface area contributed by atoms with Crippen molar-refractivity contribution in [2.75, 3.05) is 0 Å². The molecule has 0 saturated heterocycles. The number of fused-ring (bicyclic) bond motifs is 1. The topological polar surface area (TPSA) is 57.4 Å². The highest BCUT2D eigenvalue weighted by atomic mass is 32.1. The summed E-state index contributed by atoms with van der Waals surface area (Å²) in [5.74, 6) is 0.664. The Morgan fingerprint density at radius 3 is 2.74 bits per heavy atom. The maximum absolute atomic E-state index is 6.03. The fourth-order valence-electron chi connectivity index (χ4n) is 2.65. The molecule has 1 unspecified atom stereocenters. The van der Waals surface area contributed by atoms with E-state index >= 15 is 0 Å². The van der Waals surface area contributed by atoms with Gasteiger partial charge in [-0.3, -0.25) is 0 Å². The lowest BCUT2D eigenvalue weighted by atomic mass is 10.2. The molecule has 2 heterocycles. The van der Waals surface area contributed by atoms with Gasteiger partial charge in [-0.1, -0.05) is 37.3 Å². The number of oxazole rings is 1. The lowest BCUT2D eigenvalue weighted by molar-refractivity contribution is 0.162. The largest absolute Gasteiger partial charge is 0.486 e. The molecule has 2 aromatic carbocycles. The Labute approximate surface area is 161 Å². The number of ether oxygens (including phenoxy) is 2. The van der Waals surface area contributed by atoms with E-state index in [0.29, 0.717) is 23.5 Å². The summed E-state index contributed by atoms with van der Waals surface area (Å²) in [5, 5.41) is 2.81. The first kappa shape index (κ1) is 17.5. The van der Waals surface area contributed by atoms with Crippen LogP contribution in [0.2, 0.25) is 0 Å². The molecule has 0 aliphatic rings. The van der Waals surface area contributed by atoms with E-state index in [1.54, 1.807) is 17.5 Å². The standard InChI is InChI=1S/C21H20N2O3S/c1-3-14(2)25-21-23-18-17(24-13-15-7-5-4-6-8-15)10-9-16(19(18)26-21)20-22-11-12-27-20/h4-12,14H,3,13H2,1-2H3. The highest BCUT2D eigenvalue weighted by Crippen LogP contribution is 2.38. The number of benzene rings is 2. The third-order valence-corrected chi connectivity index (χ3v) is 5.07. The SMILES string of the molecule is CCC(C)Oc1nc2c(OCc3ccccc3)ccc(-c3nccs3)c2o1. The molecule has 0 fully saturated rings. The number of hydrogen-bond donors (Lipinski definition) is 0. The lowest BCUT2D eigenvalue weighted by Crippen LogP contribution is -2.09. The lowest BCUT2D eigenvalue weighted by Gasteiger charge is -2.07. The van der Waals surface area contributed by atoms with E-state index in [0.717, 1.165) is 22.6 Å². The first-order valence-corrected chi connectivity index (χ1v) is 9.79. The predicted molar refractivity (Wildman–Crippen MR) is 106 cm³/mol. The zero-order valence-electron chi connectivity index (χ0n) is 15.2. The van der Waals surface area contributed by atoms with Gasteiger partial charge in [-0.15, -0.1) is 11.3 Å². The van der Waals surface area contributed by atoms with E-state index in [1.165, 1.54) is 0 Å². The van der Waals surface area contributed by atoms with Crippen molar-refractivity contribution in [2.24, 2.45) is 0 Å². The average Bonchev–Trinajstić information content (AvgIpc) is 3.36. The Hall–Kier alpha value is -2.86. The molecule has 4 aromatic rings. The van der Waals surface area contributed by atoms with Gasteiger partial charge in [0.2, 0.25) is 0 Å². The minimum absolute atomic E-state index is 0.0232. The van der Waals surface area contributed by atoms with Crippen molar-refractivity contribution in [3.63, 3.8) is 0 Å². The maximum atomic E-state index is 6.03. The summed E-state index contributed by atoms with van der Waals surface area (Å²) in [6, 6.07) is 13.9. The zero-order chi connectivity index (χ0) is 18.6. The van der Waals surface area contributed by atoms with Crippen LogP contribution in [0, 0.1) is 0 Å². The van der Waals surface area contributed by atoms with Crippen LogP contribution in [0.1, 0.15) is 25.8 Å². The van der Waals surface area contributed by atoms with Gasteiger partial charge in [0.25, 0.3) is 0 Å². The van der Waals surface area contributed by atoms with Crippen molar-refractivity contribution < 1.29 is 13.9 Å². The van der Waals surface area contributed by atoms with Gasteiger partial charge in [-0.05, 0) is 31.0 Å². The van der Waals surface area contributed by atoms with Gasteiger partial charge in [-0.25, -0.2) is 4.98 Å². The summed E-state index contributed by atoms with van der Waals surface area (Å²) < 4.78 is 17.8. The van der Waals surface area contributed by atoms with E-state index in [-0.39, 0.29) is 12.2 Å². The fraction of sp³-hybridized carbons (Fsp3) is 0.238. The van der Waals surface area contributed by atoms with Crippen LogP contribution in [-0.2, 0) is 6.61 Å².